The summed E-state index contributed by atoms with van der Waals surface area (Å²) in [5, 5.41) is 2.98. The van der Waals surface area contributed by atoms with Crippen LogP contribution in [0.4, 0.5) is 4.39 Å². The van der Waals surface area contributed by atoms with Gasteiger partial charge in [-0.2, -0.15) is 0 Å². The molecule has 1 N–H and O–H groups in total. The number of halogens is 2. The molecule has 0 bridgehead atoms. The van der Waals surface area contributed by atoms with E-state index in [1.807, 2.05) is 18.7 Å². The smallest absolute Gasteiger partial charge is 0.260 e. The summed E-state index contributed by atoms with van der Waals surface area (Å²) in [5.74, 6) is -0.350. The second-order valence-electron chi connectivity index (χ2n) is 6.24. The van der Waals surface area contributed by atoms with E-state index in [2.05, 4.69) is 5.32 Å². The molecule has 0 aliphatic carbocycles. The predicted molar refractivity (Wildman–Crippen MR) is 93.2 cm³/mol. The molecule has 138 valence electrons. The highest BCUT2D eigenvalue weighted by molar-refractivity contribution is 6.32. The summed E-state index contributed by atoms with van der Waals surface area (Å²) < 4.78 is 18.4. The lowest BCUT2D eigenvalue weighted by molar-refractivity contribution is -0.135. The summed E-state index contributed by atoms with van der Waals surface area (Å²) in [4.78, 5) is 27.7. The van der Waals surface area contributed by atoms with Crippen molar-refractivity contribution in [1.29, 1.82) is 0 Å². The first kappa shape index (κ1) is 19.5. The molecule has 1 fully saturated rings. The Bertz CT molecular complexity index is 619. The van der Waals surface area contributed by atoms with Crippen molar-refractivity contribution in [3.63, 3.8) is 0 Å². The Hall–Kier alpha value is -1.86. The van der Waals surface area contributed by atoms with E-state index in [1.54, 1.807) is 4.90 Å². The SMILES string of the molecule is CC(C)NC(=O)CN1CCN(C(=O)COc2ccc(F)cc2Cl)CC1. The van der Waals surface area contributed by atoms with Gasteiger partial charge in [-0.05, 0) is 32.0 Å². The van der Waals surface area contributed by atoms with Gasteiger partial charge in [-0.3, -0.25) is 14.5 Å². The molecule has 0 atom stereocenters. The molecule has 1 aliphatic rings. The number of carbonyl (C=O) groups is 2. The average molecular weight is 372 g/mol. The molecular formula is C17H23ClFN3O3. The Labute approximate surface area is 151 Å². The number of hydrogen-bond donors (Lipinski definition) is 1. The van der Waals surface area contributed by atoms with Crippen LogP contribution in [0.2, 0.25) is 5.02 Å². The third-order valence-electron chi connectivity index (χ3n) is 3.79. The second-order valence-corrected chi connectivity index (χ2v) is 6.65. The number of benzene rings is 1. The number of ether oxygens (including phenoxy) is 1. The van der Waals surface area contributed by atoms with E-state index in [-0.39, 0.29) is 35.2 Å². The molecule has 1 aromatic carbocycles. The van der Waals surface area contributed by atoms with E-state index in [9.17, 15) is 14.0 Å². The first-order valence-corrected chi connectivity index (χ1v) is 8.60. The van der Waals surface area contributed by atoms with Gasteiger partial charge in [-0.25, -0.2) is 4.39 Å². The zero-order valence-electron chi connectivity index (χ0n) is 14.4. The van der Waals surface area contributed by atoms with Gasteiger partial charge in [0.25, 0.3) is 5.91 Å². The fourth-order valence-electron chi connectivity index (χ4n) is 2.55. The number of hydrogen-bond acceptors (Lipinski definition) is 4. The minimum atomic E-state index is -0.457. The van der Waals surface area contributed by atoms with Crippen LogP contribution in [0.25, 0.3) is 0 Å². The topological polar surface area (TPSA) is 61.9 Å². The molecule has 1 aromatic rings. The number of carbonyl (C=O) groups excluding carboxylic acids is 2. The minimum Gasteiger partial charge on any atom is -0.482 e. The maximum atomic E-state index is 13.0. The highest BCUT2D eigenvalue weighted by Gasteiger charge is 2.23. The Morgan fingerprint density at radius 1 is 1.28 bits per heavy atom. The van der Waals surface area contributed by atoms with Crippen molar-refractivity contribution < 1.29 is 18.7 Å². The maximum absolute atomic E-state index is 13.0. The Kier molecular flexibility index (Phi) is 7.01. The van der Waals surface area contributed by atoms with Crippen molar-refractivity contribution in [1.82, 2.24) is 15.1 Å². The summed E-state index contributed by atoms with van der Waals surface area (Å²) in [5.41, 5.74) is 0. The summed E-state index contributed by atoms with van der Waals surface area (Å²) >= 11 is 5.87. The van der Waals surface area contributed by atoms with Crippen LogP contribution >= 0.6 is 11.6 Å². The molecule has 1 saturated heterocycles. The van der Waals surface area contributed by atoms with E-state index in [1.165, 1.54) is 12.1 Å². The van der Waals surface area contributed by atoms with Gasteiger partial charge in [0.05, 0.1) is 11.6 Å². The zero-order chi connectivity index (χ0) is 18.4. The summed E-state index contributed by atoms with van der Waals surface area (Å²) in [6.45, 7) is 6.36. The molecule has 0 radical (unpaired) electrons. The quantitative estimate of drug-likeness (QED) is 0.823. The fraction of sp³-hybridized carbons (Fsp3) is 0.529. The third kappa shape index (κ3) is 6.17. The fourth-order valence-corrected chi connectivity index (χ4v) is 2.77. The molecular weight excluding hydrogens is 349 g/mol. The molecule has 0 saturated carbocycles. The molecule has 6 nitrogen and oxygen atoms in total. The normalized spacial score (nSPS) is 15.3. The van der Waals surface area contributed by atoms with Crippen molar-refractivity contribution in [3.05, 3.63) is 29.0 Å². The van der Waals surface area contributed by atoms with E-state index in [0.29, 0.717) is 32.7 Å². The maximum Gasteiger partial charge on any atom is 0.260 e. The van der Waals surface area contributed by atoms with Crippen LogP contribution in [0.5, 0.6) is 5.75 Å². The summed E-state index contributed by atoms with van der Waals surface area (Å²) in [6.07, 6.45) is 0. The Morgan fingerprint density at radius 3 is 2.56 bits per heavy atom. The van der Waals surface area contributed by atoms with E-state index in [0.717, 1.165) is 6.07 Å². The van der Waals surface area contributed by atoms with Crippen LogP contribution < -0.4 is 10.1 Å². The van der Waals surface area contributed by atoms with E-state index in [4.69, 9.17) is 16.3 Å². The number of rotatable bonds is 6. The van der Waals surface area contributed by atoms with Crippen LogP contribution in [-0.4, -0.2) is 67.0 Å². The lowest BCUT2D eigenvalue weighted by Gasteiger charge is -2.34. The van der Waals surface area contributed by atoms with Gasteiger partial charge in [0.2, 0.25) is 5.91 Å². The first-order valence-electron chi connectivity index (χ1n) is 8.22. The predicted octanol–water partition coefficient (Wildman–Crippen LogP) is 1.53. The molecule has 0 aromatic heterocycles. The van der Waals surface area contributed by atoms with Gasteiger partial charge in [0.15, 0.2) is 6.61 Å². The highest BCUT2D eigenvalue weighted by atomic mass is 35.5. The zero-order valence-corrected chi connectivity index (χ0v) is 15.2. The van der Waals surface area contributed by atoms with Gasteiger partial charge in [0, 0.05) is 32.2 Å². The molecule has 0 spiro atoms. The molecule has 1 heterocycles. The summed E-state index contributed by atoms with van der Waals surface area (Å²) in [7, 11) is 0. The second kappa shape index (κ2) is 9.01. The van der Waals surface area contributed by atoms with Crippen molar-refractivity contribution in [3.8, 4) is 5.75 Å². The molecule has 25 heavy (non-hydrogen) atoms. The highest BCUT2D eigenvalue weighted by Crippen LogP contribution is 2.24. The number of piperazine rings is 1. The standard InChI is InChI=1S/C17H23ClFN3O3/c1-12(2)20-16(23)10-21-5-7-22(8-6-21)17(24)11-25-15-4-3-13(19)9-14(15)18/h3-4,9,12H,5-8,10-11H2,1-2H3,(H,20,23). The lowest BCUT2D eigenvalue weighted by atomic mass is 10.3. The Balaban J connectivity index is 1.74. The van der Waals surface area contributed by atoms with Crippen molar-refractivity contribution in [2.45, 2.75) is 19.9 Å². The summed E-state index contributed by atoms with van der Waals surface area (Å²) in [6, 6.07) is 3.89. The minimum absolute atomic E-state index is 0.0101. The van der Waals surface area contributed by atoms with Gasteiger partial charge in [-0.15, -0.1) is 0 Å². The van der Waals surface area contributed by atoms with Crippen LogP contribution in [-0.2, 0) is 9.59 Å². The number of amides is 2. The van der Waals surface area contributed by atoms with Crippen molar-refractivity contribution in [2.75, 3.05) is 39.3 Å². The molecule has 0 unspecified atom stereocenters. The number of nitrogens with one attached hydrogen (secondary N) is 1. The molecule has 8 heteroatoms. The molecule has 1 aliphatic heterocycles. The van der Waals surface area contributed by atoms with Gasteiger partial charge < -0.3 is 15.0 Å². The van der Waals surface area contributed by atoms with Crippen molar-refractivity contribution in [2.24, 2.45) is 0 Å². The van der Waals surface area contributed by atoms with Crippen LogP contribution in [0.3, 0.4) is 0 Å². The largest absolute Gasteiger partial charge is 0.482 e. The number of nitrogens with zero attached hydrogens (tertiary/aromatic N) is 2. The van der Waals surface area contributed by atoms with Crippen LogP contribution in [0, 0.1) is 5.82 Å². The Morgan fingerprint density at radius 2 is 1.96 bits per heavy atom. The van der Waals surface area contributed by atoms with Gasteiger partial charge in [0.1, 0.15) is 11.6 Å². The first-order chi connectivity index (χ1) is 11.8. The third-order valence-corrected chi connectivity index (χ3v) is 4.08. The van der Waals surface area contributed by atoms with Crippen LogP contribution in [0.15, 0.2) is 18.2 Å². The van der Waals surface area contributed by atoms with Gasteiger partial charge >= 0.3 is 0 Å². The van der Waals surface area contributed by atoms with Crippen LogP contribution in [0.1, 0.15) is 13.8 Å². The van der Waals surface area contributed by atoms with E-state index >= 15 is 0 Å². The van der Waals surface area contributed by atoms with Gasteiger partial charge in [-0.1, -0.05) is 11.6 Å². The van der Waals surface area contributed by atoms with E-state index < -0.39 is 5.82 Å². The molecule has 2 amide bonds. The monoisotopic (exact) mass is 371 g/mol. The average Bonchev–Trinajstić information content (AvgIpc) is 2.53. The molecule has 2 rings (SSSR count). The van der Waals surface area contributed by atoms with Crippen molar-refractivity contribution >= 4 is 23.4 Å². The lowest BCUT2D eigenvalue weighted by Crippen LogP contribution is -2.52.